The molecule has 3 heteroatoms. The van der Waals surface area contributed by atoms with Crippen LogP contribution in [0.1, 0.15) is 48.4 Å². The summed E-state index contributed by atoms with van der Waals surface area (Å²) in [5.41, 5.74) is 5.35. The Balaban J connectivity index is 2.17. The van der Waals surface area contributed by atoms with Crippen LogP contribution in [-0.4, -0.2) is 15.8 Å². The maximum atomic E-state index is 9.50. The van der Waals surface area contributed by atoms with Crippen LogP contribution >= 0.6 is 0 Å². The molecule has 0 aromatic carbocycles. The molecule has 1 aromatic rings. The van der Waals surface area contributed by atoms with Crippen LogP contribution in [0.5, 0.6) is 0 Å². The molecule has 0 amide bonds. The molecule has 16 heavy (non-hydrogen) atoms. The van der Waals surface area contributed by atoms with Gasteiger partial charge in [0.2, 0.25) is 0 Å². The molecule has 1 aromatic heterocycles. The molecule has 2 heterocycles. The van der Waals surface area contributed by atoms with E-state index in [1.807, 2.05) is 0 Å². The van der Waals surface area contributed by atoms with Gasteiger partial charge in [-0.1, -0.05) is 6.92 Å². The number of aliphatic hydroxyl groups excluding tert-OH is 1. The topological polar surface area (TPSA) is 37.7 Å². The van der Waals surface area contributed by atoms with Gasteiger partial charge < -0.3 is 14.4 Å². The summed E-state index contributed by atoms with van der Waals surface area (Å²) in [5.74, 6) is 0. The largest absolute Gasteiger partial charge is 0.376 e. The summed E-state index contributed by atoms with van der Waals surface area (Å²) < 4.78 is 7.81. The normalized spacial score (nSPS) is 27.2. The number of epoxide rings is 1. The fourth-order valence-electron chi connectivity index (χ4n) is 3.21. The van der Waals surface area contributed by atoms with Crippen molar-refractivity contribution >= 4 is 0 Å². The number of hydrogen-bond donors (Lipinski definition) is 1. The Bertz CT molecular complexity index is 422. The van der Waals surface area contributed by atoms with Gasteiger partial charge in [-0.2, -0.15) is 0 Å². The van der Waals surface area contributed by atoms with E-state index in [4.69, 9.17) is 4.74 Å². The summed E-state index contributed by atoms with van der Waals surface area (Å²) in [7, 11) is 0. The van der Waals surface area contributed by atoms with Crippen LogP contribution < -0.4 is 0 Å². The summed E-state index contributed by atoms with van der Waals surface area (Å²) in [5, 5.41) is 9.50. The molecule has 0 spiro atoms. The van der Waals surface area contributed by atoms with Gasteiger partial charge in [-0.15, -0.1) is 0 Å². The van der Waals surface area contributed by atoms with Gasteiger partial charge in [-0.05, 0) is 38.2 Å². The first-order valence-corrected chi connectivity index (χ1v) is 6.25. The van der Waals surface area contributed by atoms with Gasteiger partial charge in [0.25, 0.3) is 0 Å². The van der Waals surface area contributed by atoms with E-state index in [1.165, 1.54) is 35.4 Å². The van der Waals surface area contributed by atoms with Crippen molar-refractivity contribution in [1.82, 2.24) is 4.57 Å². The first-order valence-electron chi connectivity index (χ1n) is 6.25. The van der Waals surface area contributed by atoms with E-state index in [9.17, 15) is 5.11 Å². The standard InChI is InChI=1S/C13H19NO2/c1-3-9-8(2)14(7-15)10-5-4-6-11-13(16-11)12(9)10/h11,13,15H,3-7H2,1-2H3. The van der Waals surface area contributed by atoms with E-state index in [2.05, 4.69) is 18.4 Å². The molecule has 2 atom stereocenters. The second-order valence-corrected chi connectivity index (χ2v) is 4.83. The van der Waals surface area contributed by atoms with E-state index in [0.29, 0.717) is 12.2 Å². The fraction of sp³-hybridized carbons (Fsp3) is 0.692. The summed E-state index contributed by atoms with van der Waals surface area (Å²) in [4.78, 5) is 0. The third-order valence-electron chi connectivity index (χ3n) is 4.07. The third-order valence-corrected chi connectivity index (χ3v) is 4.07. The lowest BCUT2D eigenvalue weighted by atomic mass is 10.0. The van der Waals surface area contributed by atoms with Gasteiger partial charge in [0.1, 0.15) is 12.8 Å². The fourth-order valence-corrected chi connectivity index (χ4v) is 3.21. The van der Waals surface area contributed by atoms with Gasteiger partial charge in [0, 0.05) is 17.0 Å². The van der Waals surface area contributed by atoms with Crippen molar-refractivity contribution in [2.45, 2.75) is 58.5 Å². The zero-order valence-electron chi connectivity index (χ0n) is 9.99. The van der Waals surface area contributed by atoms with Crippen molar-refractivity contribution in [3.63, 3.8) is 0 Å². The third kappa shape index (κ3) is 1.28. The first-order chi connectivity index (χ1) is 7.77. The molecule has 88 valence electrons. The molecule has 0 saturated carbocycles. The molecular weight excluding hydrogens is 202 g/mol. The van der Waals surface area contributed by atoms with Crippen molar-refractivity contribution in [3.05, 3.63) is 22.5 Å². The predicted molar refractivity (Wildman–Crippen MR) is 61.3 cm³/mol. The second-order valence-electron chi connectivity index (χ2n) is 4.83. The molecule has 0 bridgehead atoms. The predicted octanol–water partition coefficient (Wildman–Crippen LogP) is 2.08. The van der Waals surface area contributed by atoms with Crippen molar-refractivity contribution in [2.75, 3.05) is 0 Å². The molecule has 2 unspecified atom stereocenters. The monoisotopic (exact) mass is 221 g/mol. The lowest BCUT2D eigenvalue weighted by molar-refractivity contribution is 0.204. The highest BCUT2D eigenvalue weighted by Crippen LogP contribution is 2.48. The molecule has 1 aliphatic carbocycles. The van der Waals surface area contributed by atoms with Crippen LogP contribution in [0.4, 0.5) is 0 Å². The van der Waals surface area contributed by atoms with Gasteiger partial charge in [0.05, 0.1) is 6.10 Å². The number of fused-ring (bicyclic) bond motifs is 3. The van der Waals surface area contributed by atoms with Crippen molar-refractivity contribution < 1.29 is 9.84 Å². The summed E-state index contributed by atoms with van der Waals surface area (Å²) in [6.07, 6.45) is 5.27. The zero-order valence-corrected chi connectivity index (χ0v) is 9.99. The quantitative estimate of drug-likeness (QED) is 0.776. The summed E-state index contributed by atoms with van der Waals surface area (Å²) in [6.45, 7) is 4.40. The molecule has 1 fully saturated rings. The molecule has 1 aliphatic heterocycles. The Morgan fingerprint density at radius 1 is 1.50 bits per heavy atom. The van der Waals surface area contributed by atoms with Crippen LogP contribution in [0.25, 0.3) is 0 Å². The highest BCUT2D eigenvalue weighted by atomic mass is 16.6. The van der Waals surface area contributed by atoms with Crippen LogP contribution in [-0.2, 0) is 24.3 Å². The SMILES string of the molecule is CCc1c2c(n(CO)c1C)CCCC1OC21. The Labute approximate surface area is 96.0 Å². The molecule has 3 rings (SSSR count). The van der Waals surface area contributed by atoms with E-state index in [1.54, 1.807) is 0 Å². The smallest absolute Gasteiger partial charge is 0.119 e. The van der Waals surface area contributed by atoms with E-state index in [-0.39, 0.29) is 6.73 Å². The Kier molecular flexibility index (Phi) is 2.33. The van der Waals surface area contributed by atoms with Gasteiger partial charge in [-0.3, -0.25) is 0 Å². The lowest BCUT2D eigenvalue weighted by Crippen LogP contribution is -2.05. The molecule has 3 nitrogen and oxygen atoms in total. The average molecular weight is 221 g/mol. The van der Waals surface area contributed by atoms with E-state index >= 15 is 0 Å². The molecular formula is C13H19NO2. The maximum absolute atomic E-state index is 9.50. The van der Waals surface area contributed by atoms with E-state index in [0.717, 1.165) is 12.8 Å². The Morgan fingerprint density at radius 2 is 2.31 bits per heavy atom. The summed E-state index contributed by atoms with van der Waals surface area (Å²) >= 11 is 0. The Morgan fingerprint density at radius 3 is 3.00 bits per heavy atom. The minimum absolute atomic E-state index is 0.103. The highest BCUT2D eigenvalue weighted by Gasteiger charge is 2.45. The molecule has 0 radical (unpaired) electrons. The van der Waals surface area contributed by atoms with Crippen molar-refractivity contribution in [1.29, 1.82) is 0 Å². The number of rotatable bonds is 2. The number of aromatic nitrogens is 1. The van der Waals surface area contributed by atoms with Crippen LogP contribution in [0, 0.1) is 6.92 Å². The molecule has 1 saturated heterocycles. The summed E-state index contributed by atoms with van der Waals surface area (Å²) in [6, 6.07) is 0. The van der Waals surface area contributed by atoms with Gasteiger partial charge in [0.15, 0.2) is 0 Å². The highest BCUT2D eigenvalue weighted by molar-refractivity contribution is 5.43. The van der Waals surface area contributed by atoms with E-state index < -0.39 is 0 Å². The van der Waals surface area contributed by atoms with Crippen molar-refractivity contribution in [3.8, 4) is 0 Å². The first kappa shape index (κ1) is 10.4. The van der Waals surface area contributed by atoms with Gasteiger partial charge in [-0.25, -0.2) is 0 Å². The maximum Gasteiger partial charge on any atom is 0.119 e. The van der Waals surface area contributed by atoms with Crippen LogP contribution in [0.15, 0.2) is 0 Å². The average Bonchev–Trinajstić information content (AvgIpc) is 2.99. The van der Waals surface area contributed by atoms with Crippen molar-refractivity contribution in [2.24, 2.45) is 0 Å². The van der Waals surface area contributed by atoms with Gasteiger partial charge >= 0.3 is 0 Å². The minimum atomic E-state index is 0.103. The van der Waals surface area contributed by atoms with Crippen LogP contribution in [0.2, 0.25) is 0 Å². The number of ether oxygens (including phenoxy) is 1. The number of nitrogens with zero attached hydrogens (tertiary/aromatic N) is 1. The molecule has 2 aliphatic rings. The molecule has 1 N–H and O–H groups in total. The lowest BCUT2D eigenvalue weighted by Gasteiger charge is -2.08. The minimum Gasteiger partial charge on any atom is -0.376 e. The Hall–Kier alpha value is -0.800. The van der Waals surface area contributed by atoms with Crippen LogP contribution in [0.3, 0.4) is 0 Å². The zero-order chi connectivity index (χ0) is 11.3. The number of hydrogen-bond acceptors (Lipinski definition) is 2. The number of aliphatic hydroxyl groups is 1. The second kappa shape index (κ2) is 3.60.